The van der Waals surface area contributed by atoms with E-state index in [0.29, 0.717) is 0 Å². The lowest BCUT2D eigenvalue weighted by molar-refractivity contribution is -0.146. The van der Waals surface area contributed by atoms with Gasteiger partial charge in [0.1, 0.15) is 11.6 Å². The highest BCUT2D eigenvalue weighted by atomic mass is 19.3. The number of halogens is 2. The third kappa shape index (κ3) is 2.58. The van der Waals surface area contributed by atoms with Gasteiger partial charge in [-0.2, -0.15) is 0 Å². The molecule has 1 saturated heterocycles. The van der Waals surface area contributed by atoms with Crippen LogP contribution in [0.15, 0.2) is 0 Å². The van der Waals surface area contributed by atoms with E-state index in [1.807, 2.05) is 0 Å². The van der Waals surface area contributed by atoms with Gasteiger partial charge in [0, 0.05) is 18.4 Å². The monoisotopic (exact) mass is 291 g/mol. The summed E-state index contributed by atoms with van der Waals surface area (Å²) in [5, 5.41) is 9.19. The number of amides is 1. The molecule has 0 radical (unpaired) electrons. The number of hydrogen-bond acceptors (Lipinski definition) is 3. The van der Waals surface area contributed by atoms with Crippen molar-refractivity contribution in [3.8, 4) is 0 Å². The summed E-state index contributed by atoms with van der Waals surface area (Å²) in [4.78, 5) is 24.3. The number of aliphatic carboxylic acids is 1. The summed E-state index contributed by atoms with van der Waals surface area (Å²) in [6.07, 6.45) is -1.15. The number of carboxylic acid groups (broad SMARTS) is 1. The van der Waals surface area contributed by atoms with Crippen LogP contribution < -0.4 is 0 Å². The van der Waals surface area contributed by atoms with E-state index in [0.717, 1.165) is 4.90 Å². The maximum atomic E-state index is 13.4. The number of carbonyl (C=O) groups excluding carboxylic acids is 1. The maximum absolute atomic E-state index is 13.4. The zero-order valence-electron chi connectivity index (χ0n) is 11.8. The molecule has 2 fully saturated rings. The molecule has 5 nitrogen and oxygen atoms in total. The Balaban J connectivity index is 2.11. The Bertz CT molecular complexity index is 446. The first-order chi connectivity index (χ1) is 8.97. The van der Waals surface area contributed by atoms with Crippen LogP contribution in [0.2, 0.25) is 0 Å². The van der Waals surface area contributed by atoms with E-state index >= 15 is 0 Å². The predicted molar refractivity (Wildman–Crippen MR) is 65.6 cm³/mol. The third-order valence-electron chi connectivity index (χ3n) is 3.92. The number of likely N-dealkylation sites (tertiary alicyclic amines) is 1. The Morgan fingerprint density at radius 3 is 2.30 bits per heavy atom. The van der Waals surface area contributed by atoms with Crippen molar-refractivity contribution < 1.29 is 28.2 Å². The number of nitrogens with zero attached hydrogens (tertiary/aromatic N) is 1. The first-order valence-corrected chi connectivity index (χ1v) is 6.58. The minimum Gasteiger partial charge on any atom is -0.480 e. The SMILES string of the molecule is CC(C)(C)OC(=O)N1CCC2(CC1C(=O)O)CC2(F)F. The van der Waals surface area contributed by atoms with Gasteiger partial charge < -0.3 is 9.84 Å². The molecule has 1 aliphatic carbocycles. The Kier molecular flexibility index (Phi) is 3.22. The molecule has 1 saturated carbocycles. The zero-order valence-corrected chi connectivity index (χ0v) is 11.8. The van der Waals surface area contributed by atoms with E-state index in [2.05, 4.69) is 0 Å². The molecule has 20 heavy (non-hydrogen) atoms. The summed E-state index contributed by atoms with van der Waals surface area (Å²) >= 11 is 0. The molecule has 0 aromatic heterocycles. The predicted octanol–water partition coefficient (Wildman–Crippen LogP) is 2.50. The largest absolute Gasteiger partial charge is 0.480 e. The molecule has 2 unspecified atom stereocenters. The van der Waals surface area contributed by atoms with Crippen LogP contribution in [-0.2, 0) is 9.53 Å². The molecule has 114 valence electrons. The van der Waals surface area contributed by atoms with Gasteiger partial charge in [-0.15, -0.1) is 0 Å². The summed E-state index contributed by atoms with van der Waals surface area (Å²) in [6, 6.07) is -1.24. The van der Waals surface area contributed by atoms with Gasteiger partial charge in [0.2, 0.25) is 0 Å². The second kappa shape index (κ2) is 4.30. The number of ether oxygens (including phenoxy) is 1. The van der Waals surface area contributed by atoms with Gasteiger partial charge in [0.25, 0.3) is 5.92 Å². The van der Waals surface area contributed by atoms with Crippen LogP contribution in [0.1, 0.15) is 40.0 Å². The standard InChI is InChI=1S/C13H19F2NO4/c1-11(2,3)20-10(19)16-5-4-12(7-13(12,14)15)6-8(16)9(17)18/h8H,4-7H2,1-3H3,(H,17,18). The van der Waals surface area contributed by atoms with Crippen LogP contribution in [0, 0.1) is 5.41 Å². The summed E-state index contributed by atoms with van der Waals surface area (Å²) < 4.78 is 31.9. The van der Waals surface area contributed by atoms with Gasteiger partial charge in [-0.1, -0.05) is 0 Å². The number of alkyl halides is 2. The summed E-state index contributed by atoms with van der Waals surface area (Å²) in [7, 11) is 0. The Hall–Kier alpha value is -1.40. The molecule has 2 aliphatic rings. The highest BCUT2D eigenvalue weighted by molar-refractivity contribution is 5.80. The second-order valence-corrected chi connectivity index (χ2v) is 6.64. The second-order valence-electron chi connectivity index (χ2n) is 6.64. The van der Waals surface area contributed by atoms with E-state index in [-0.39, 0.29) is 25.8 Å². The van der Waals surface area contributed by atoms with Crippen molar-refractivity contribution >= 4 is 12.1 Å². The van der Waals surface area contributed by atoms with Gasteiger partial charge >= 0.3 is 12.1 Å². The van der Waals surface area contributed by atoms with Crippen molar-refractivity contribution in [2.75, 3.05) is 6.54 Å². The Morgan fingerprint density at radius 1 is 1.35 bits per heavy atom. The molecule has 1 amide bonds. The molecule has 1 aliphatic heterocycles. The Morgan fingerprint density at radius 2 is 1.90 bits per heavy atom. The van der Waals surface area contributed by atoms with Crippen LogP contribution in [0.25, 0.3) is 0 Å². The van der Waals surface area contributed by atoms with E-state index < -0.39 is 35.0 Å². The normalized spacial score (nSPS) is 32.0. The van der Waals surface area contributed by atoms with Crippen molar-refractivity contribution in [2.24, 2.45) is 5.41 Å². The molecule has 2 rings (SSSR count). The molecular formula is C13H19F2NO4. The lowest BCUT2D eigenvalue weighted by atomic mass is 9.87. The molecule has 1 N–H and O–H groups in total. The number of hydrogen-bond donors (Lipinski definition) is 1. The van der Waals surface area contributed by atoms with Crippen molar-refractivity contribution in [1.29, 1.82) is 0 Å². The first kappa shape index (κ1) is 15.0. The van der Waals surface area contributed by atoms with Crippen molar-refractivity contribution in [3.63, 3.8) is 0 Å². The number of rotatable bonds is 1. The summed E-state index contributed by atoms with van der Waals surface area (Å²) in [5.74, 6) is -4.07. The molecule has 0 bridgehead atoms. The van der Waals surface area contributed by atoms with Crippen LogP contribution in [0.5, 0.6) is 0 Å². The quantitative estimate of drug-likeness (QED) is 0.806. The minimum atomic E-state index is -2.80. The summed E-state index contributed by atoms with van der Waals surface area (Å²) in [6.45, 7) is 4.99. The molecule has 0 aromatic carbocycles. The molecule has 0 aromatic rings. The number of carbonyl (C=O) groups is 2. The average Bonchev–Trinajstić information content (AvgIpc) is 2.76. The topological polar surface area (TPSA) is 66.8 Å². The van der Waals surface area contributed by atoms with E-state index in [1.165, 1.54) is 0 Å². The first-order valence-electron chi connectivity index (χ1n) is 6.58. The lowest BCUT2D eigenvalue weighted by Gasteiger charge is -2.38. The molecule has 2 atom stereocenters. The number of carboxylic acids is 1. The highest BCUT2D eigenvalue weighted by Crippen LogP contribution is 2.66. The molecule has 7 heteroatoms. The van der Waals surface area contributed by atoms with Crippen molar-refractivity contribution in [2.45, 2.75) is 57.6 Å². The highest BCUT2D eigenvalue weighted by Gasteiger charge is 2.72. The Labute approximate surface area is 115 Å². The van der Waals surface area contributed by atoms with Gasteiger partial charge in [-0.25, -0.2) is 18.4 Å². The van der Waals surface area contributed by atoms with Crippen molar-refractivity contribution in [1.82, 2.24) is 4.90 Å². The fourth-order valence-electron chi connectivity index (χ4n) is 2.71. The van der Waals surface area contributed by atoms with Gasteiger partial charge in [-0.05, 0) is 33.6 Å². The van der Waals surface area contributed by atoms with Crippen LogP contribution in [0.4, 0.5) is 13.6 Å². The smallest absolute Gasteiger partial charge is 0.411 e. The number of piperidine rings is 1. The minimum absolute atomic E-state index is 0.0124. The van der Waals surface area contributed by atoms with E-state index in [1.54, 1.807) is 20.8 Å². The van der Waals surface area contributed by atoms with Crippen LogP contribution in [-0.4, -0.2) is 46.2 Å². The summed E-state index contributed by atoms with van der Waals surface area (Å²) in [5.41, 5.74) is -1.99. The van der Waals surface area contributed by atoms with Crippen LogP contribution in [0.3, 0.4) is 0 Å². The van der Waals surface area contributed by atoms with Crippen LogP contribution >= 0.6 is 0 Å². The zero-order chi connectivity index (χ0) is 15.3. The van der Waals surface area contributed by atoms with Gasteiger partial charge in [-0.3, -0.25) is 4.90 Å². The maximum Gasteiger partial charge on any atom is 0.411 e. The van der Waals surface area contributed by atoms with E-state index in [9.17, 15) is 23.5 Å². The fourth-order valence-corrected chi connectivity index (χ4v) is 2.71. The lowest BCUT2D eigenvalue weighted by Crippen LogP contribution is -2.52. The van der Waals surface area contributed by atoms with Gasteiger partial charge in [0.15, 0.2) is 0 Å². The van der Waals surface area contributed by atoms with E-state index in [4.69, 9.17) is 4.74 Å². The van der Waals surface area contributed by atoms with Crippen molar-refractivity contribution in [3.05, 3.63) is 0 Å². The third-order valence-corrected chi connectivity index (χ3v) is 3.92. The average molecular weight is 291 g/mol. The fraction of sp³-hybridized carbons (Fsp3) is 0.846. The molecule has 1 spiro atoms. The molecule has 1 heterocycles. The molecular weight excluding hydrogens is 272 g/mol. The van der Waals surface area contributed by atoms with Gasteiger partial charge in [0.05, 0.1) is 0 Å².